The van der Waals surface area contributed by atoms with Gasteiger partial charge in [0.15, 0.2) is 0 Å². The third-order valence-corrected chi connectivity index (χ3v) is 3.91. The average molecular weight is 352 g/mol. The van der Waals surface area contributed by atoms with Crippen LogP contribution in [0.4, 0.5) is 14.7 Å². The molecule has 2 aromatic heterocycles. The van der Waals surface area contributed by atoms with Crippen molar-refractivity contribution in [1.82, 2.24) is 19.3 Å². The Morgan fingerprint density at radius 2 is 2.00 bits per heavy atom. The van der Waals surface area contributed by atoms with E-state index in [1.54, 1.807) is 10.9 Å². The summed E-state index contributed by atoms with van der Waals surface area (Å²) in [5, 5.41) is 8.00. The van der Waals surface area contributed by atoms with Gasteiger partial charge in [-0.05, 0) is 24.6 Å². The smallest absolute Gasteiger partial charge is 0.256 e. The van der Waals surface area contributed by atoms with E-state index in [4.69, 9.17) is 11.6 Å². The first-order valence-electron chi connectivity index (χ1n) is 7.37. The first-order chi connectivity index (χ1) is 11.5. The number of aryl methyl sites for hydroxylation is 1. The molecule has 0 atom stereocenters. The van der Waals surface area contributed by atoms with Crippen molar-refractivity contribution >= 4 is 17.5 Å². The van der Waals surface area contributed by atoms with Crippen molar-refractivity contribution in [2.24, 2.45) is 0 Å². The van der Waals surface area contributed by atoms with E-state index in [-0.39, 0.29) is 6.54 Å². The third-order valence-electron chi connectivity index (χ3n) is 3.54. The summed E-state index contributed by atoms with van der Waals surface area (Å²) >= 11 is 6.01. The van der Waals surface area contributed by atoms with Crippen molar-refractivity contribution < 1.29 is 8.78 Å². The molecular formula is C16H16ClF2N5. The molecule has 0 aliphatic heterocycles. The summed E-state index contributed by atoms with van der Waals surface area (Å²) in [5.41, 5.74) is 2.67. The monoisotopic (exact) mass is 351 g/mol. The molecule has 0 bridgehead atoms. The number of aromatic nitrogens is 4. The van der Waals surface area contributed by atoms with Crippen LogP contribution >= 0.6 is 11.6 Å². The number of halogens is 3. The molecule has 126 valence electrons. The fraction of sp³-hybridized carbons (Fsp3) is 0.250. The summed E-state index contributed by atoms with van der Waals surface area (Å²) in [6.07, 6.45) is 2.37. The van der Waals surface area contributed by atoms with Crippen LogP contribution in [-0.4, -0.2) is 25.8 Å². The number of imidazole rings is 1. The van der Waals surface area contributed by atoms with Gasteiger partial charge in [0.05, 0.1) is 22.9 Å². The summed E-state index contributed by atoms with van der Waals surface area (Å²) in [5.74, 6) is 0.425. The molecule has 24 heavy (non-hydrogen) atoms. The van der Waals surface area contributed by atoms with Gasteiger partial charge in [-0.3, -0.25) is 0 Å². The molecule has 1 N–H and O–H groups in total. The highest BCUT2D eigenvalue weighted by Crippen LogP contribution is 2.17. The minimum absolute atomic E-state index is 0.374. The average Bonchev–Trinajstić information content (AvgIpc) is 3.12. The van der Waals surface area contributed by atoms with E-state index in [1.807, 2.05) is 31.2 Å². The van der Waals surface area contributed by atoms with Crippen molar-refractivity contribution in [3.05, 3.63) is 59.1 Å². The maximum absolute atomic E-state index is 12.5. The van der Waals surface area contributed by atoms with Crippen LogP contribution in [0.25, 0.3) is 5.69 Å². The molecule has 0 fully saturated rings. The summed E-state index contributed by atoms with van der Waals surface area (Å²) in [7, 11) is 0. The van der Waals surface area contributed by atoms with E-state index in [9.17, 15) is 8.78 Å². The van der Waals surface area contributed by atoms with Crippen LogP contribution in [0.2, 0.25) is 5.02 Å². The summed E-state index contributed by atoms with van der Waals surface area (Å²) in [4.78, 5) is 4.05. The minimum atomic E-state index is -2.41. The fourth-order valence-electron chi connectivity index (χ4n) is 2.29. The number of nitrogens with zero attached hydrogens (tertiary/aromatic N) is 4. The molecule has 0 unspecified atom stereocenters. The van der Waals surface area contributed by atoms with Gasteiger partial charge in [-0.15, -0.1) is 0 Å². The molecule has 0 aliphatic rings. The minimum Gasteiger partial charge on any atom is -0.352 e. The van der Waals surface area contributed by atoms with Crippen LogP contribution in [0.3, 0.4) is 0 Å². The van der Waals surface area contributed by atoms with Gasteiger partial charge in [0.2, 0.25) is 5.95 Å². The van der Waals surface area contributed by atoms with Crippen LogP contribution < -0.4 is 5.32 Å². The molecular weight excluding hydrogens is 336 g/mol. The molecule has 5 nitrogen and oxygen atoms in total. The normalized spacial score (nSPS) is 11.2. The van der Waals surface area contributed by atoms with Gasteiger partial charge in [0, 0.05) is 25.1 Å². The summed E-state index contributed by atoms with van der Waals surface area (Å²) in [6, 6.07) is 7.72. The molecule has 0 saturated carbocycles. The van der Waals surface area contributed by atoms with E-state index in [2.05, 4.69) is 15.4 Å². The van der Waals surface area contributed by atoms with Gasteiger partial charge in [-0.1, -0.05) is 23.7 Å². The highest BCUT2D eigenvalue weighted by atomic mass is 35.5. The molecule has 0 saturated heterocycles. The first-order valence-corrected chi connectivity index (χ1v) is 7.75. The lowest BCUT2D eigenvalue weighted by atomic mass is 10.2. The zero-order valence-corrected chi connectivity index (χ0v) is 13.7. The summed E-state index contributed by atoms with van der Waals surface area (Å²) < 4.78 is 28.1. The molecule has 3 rings (SSSR count). The standard InChI is InChI=1S/C16H16ClF2N5/c1-11-14(17)9-24(22-11)13-4-2-12(3-5-13)8-21-16-20-6-7-23(16)10-15(18)19/h2-7,9,15H,8,10H2,1H3,(H,20,21). The zero-order valence-electron chi connectivity index (χ0n) is 13.0. The Labute approximate surface area is 142 Å². The molecule has 0 amide bonds. The Balaban J connectivity index is 1.65. The predicted molar refractivity (Wildman–Crippen MR) is 88.9 cm³/mol. The largest absolute Gasteiger partial charge is 0.352 e. The van der Waals surface area contributed by atoms with Crippen molar-refractivity contribution in [3.63, 3.8) is 0 Å². The van der Waals surface area contributed by atoms with E-state index in [1.165, 1.54) is 17.0 Å². The van der Waals surface area contributed by atoms with E-state index in [0.29, 0.717) is 17.5 Å². The Bertz CT molecular complexity index is 791. The first kappa shape index (κ1) is 16.4. The van der Waals surface area contributed by atoms with Crippen LogP contribution in [-0.2, 0) is 13.1 Å². The Hall–Kier alpha value is -2.41. The van der Waals surface area contributed by atoms with Gasteiger partial charge < -0.3 is 9.88 Å². The van der Waals surface area contributed by atoms with Crippen LogP contribution in [0, 0.1) is 6.92 Å². The number of hydrogen-bond acceptors (Lipinski definition) is 3. The maximum Gasteiger partial charge on any atom is 0.256 e. The molecule has 3 aromatic rings. The fourth-order valence-corrected chi connectivity index (χ4v) is 2.42. The maximum atomic E-state index is 12.5. The molecule has 8 heteroatoms. The van der Waals surface area contributed by atoms with Gasteiger partial charge in [0.1, 0.15) is 0 Å². The van der Waals surface area contributed by atoms with Crippen LogP contribution in [0.5, 0.6) is 0 Å². The van der Waals surface area contributed by atoms with Crippen molar-refractivity contribution in [2.45, 2.75) is 26.4 Å². The SMILES string of the molecule is Cc1nn(-c2ccc(CNc3nccn3CC(F)F)cc2)cc1Cl. The lowest BCUT2D eigenvalue weighted by Crippen LogP contribution is -2.11. The zero-order chi connectivity index (χ0) is 17.1. The topological polar surface area (TPSA) is 47.7 Å². The van der Waals surface area contributed by atoms with Gasteiger partial charge in [-0.25, -0.2) is 18.4 Å². The number of alkyl halides is 2. The molecule has 0 aliphatic carbocycles. The molecule has 0 radical (unpaired) electrons. The lowest BCUT2D eigenvalue weighted by Gasteiger charge is -2.10. The quantitative estimate of drug-likeness (QED) is 0.732. The van der Waals surface area contributed by atoms with Crippen LogP contribution in [0.1, 0.15) is 11.3 Å². The lowest BCUT2D eigenvalue weighted by molar-refractivity contribution is 0.127. The van der Waals surface area contributed by atoms with Gasteiger partial charge >= 0.3 is 0 Å². The Kier molecular flexibility index (Phi) is 4.80. The van der Waals surface area contributed by atoms with Crippen molar-refractivity contribution in [3.8, 4) is 5.69 Å². The highest BCUT2D eigenvalue weighted by Gasteiger charge is 2.09. The highest BCUT2D eigenvalue weighted by molar-refractivity contribution is 6.31. The number of anilines is 1. The predicted octanol–water partition coefficient (Wildman–Crippen LogP) is 3.91. The second-order valence-corrected chi connectivity index (χ2v) is 5.73. The Morgan fingerprint density at radius 3 is 2.62 bits per heavy atom. The van der Waals surface area contributed by atoms with Gasteiger partial charge in [0.25, 0.3) is 6.43 Å². The van der Waals surface area contributed by atoms with Gasteiger partial charge in [-0.2, -0.15) is 5.10 Å². The van der Waals surface area contributed by atoms with E-state index in [0.717, 1.165) is 16.9 Å². The number of hydrogen-bond donors (Lipinski definition) is 1. The van der Waals surface area contributed by atoms with Crippen molar-refractivity contribution in [2.75, 3.05) is 5.32 Å². The molecule has 0 spiro atoms. The second kappa shape index (κ2) is 7.00. The number of nitrogens with one attached hydrogen (secondary N) is 1. The molecule has 2 heterocycles. The van der Waals surface area contributed by atoms with Crippen molar-refractivity contribution in [1.29, 1.82) is 0 Å². The Morgan fingerprint density at radius 1 is 1.25 bits per heavy atom. The second-order valence-electron chi connectivity index (χ2n) is 5.32. The van der Waals surface area contributed by atoms with Crippen LogP contribution in [0.15, 0.2) is 42.9 Å². The van der Waals surface area contributed by atoms with E-state index < -0.39 is 6.43 Å². The molecule has 1 aromatic carbocycles. The van der Waals surface area contributed by atoms with E-state index >= 15 is 0 Å². The number of benzene rings is 1. The number of rotatable bonds is 6. The summed E-state index contributed by atoms with van der Waals surface area (Å²) in [6.45, 7) is 1.96. The third kappa shape index (κ3) is 3.73.